The van der Waals surface area contributed by atoms with Crippen LogP contribution in [0.15, 0.2) is 43.0 Å². The molecule has 2 aliphatic heterocycles. The molecule has 10 rings (SSSR count). The van der Waals surface area contributed by atoms with Crippen molar-refractivity contribution >= 4 is 43.3 Å². The minimum atomic E-state index is -3.50. The summed E-state index contributed by atoms with van der Waals surface area (Å²) in [5.41, 5.74) is 11.7. The van der Waals surface area contributed by atoms with Crippen molar-refractivity contribution in [1.82, 2.24) is 30.2 Å². The molecular formula is C40H52N12O6S2. The zero-order chi connectivity index (χ0) is 41.8. The molecule has 4 atom stereocenters. The molecule has 4 heterocycles. The van der Waals surface area contributed by atoms with Gasteiger partial charge in [-0.1, -0.05) is 12.1 Å². The van der Waals surface area contributed by atoms with E-state index in [0.29, 0.717) is 38.1 Å². The van der Waals surface area contributed by atoms with Gasteiger partial charge in [0.05, 0.1) is 37.6 Å². The third kappa shape index (κ3) is 7.68. The van der Waals surface area contributed by atoms with Gasteiger partial charge in [0.25, 0.3) is 0 Å². The highest BCUT2D eigenvalue weighted by atomic mass is 32.2. The molecule has 20 heteroatoms. The van der Waals surface area contributed by atoms with Gasteiger partial charge in [0, 0.05) is 11.4 Å². The summed E-state index contributed by atoms with van der Waals surface area (Å²) in [6.07, 6.45) is 15.0. The van der Waals surface area contributed by atoms with Crippen LogP contribution in [-0.4, -0.2) is 79.4 Å². The fourth-order valence-electron chi connectivity index (χ4n) is 9.44. The van der Waals surface area contributed by atoms with Gasteiger partial charge in [0.15, 0.2) is 19.8 Å². The van der Waals surface area contributed by atoms with Gasteiger partial charge in [-0.2, -0.15) is 10.2 Å². The van der Waals surface area contributed by atoms with Gasteiger partial charge in [0.1, 0.15) is 23.0 Å². The summed E-state index contributed by atoms with van der Waals surface area (Å²) < 4.78 is 48.6. The van der Waals surface area contributed by atoms with E-state index >= 15 is 0 Å². The van der Waals surface area contributed by atoms with Crippen molar-refractivity contribution in [3.8, 4) is 11.8 Å². The standard InChI is InChI=1S/2C20H26N6O3S/c2*1-22-14-10-26-19(29-11-14)17(9-23-26)30(21,28)25-20(27)24-18-15-6-2-4-12(15)8-13-5-3-7-16(13)18/h2*8-9,14,22H,2-7,10-11H2,1H3,(H3,21,24,25,27,28)/t2*14-,30?/m00/s1. The van der Waals surface area contributed by atoms with E-state index in [-0.39, 0.29) is 21.9 Å². The van der Waals surface area contributed by atoms with Crippen LogP contribution in [0.5, 0.6) is 11.8 Å². The number of hydrogen-bond donors (Lipinski definition) is 6. The van der Waals surface area contributed by atoms with Crippen molar-refractivity contribution < 1.29 is 27.5 Å². The van der Waals surface area contributed by atoms with Gasteiger partial charge in [-0.25, -0.2) is 37.6 Å². The lowest BCUT2D eigenvalue weighted by Crippen LogP contribution is -2.40. The maximum absolute atomic E-state index is 13.1. The van der Waals surface area contributed by atoms with Crippen LogP contribution in [0.25, 0.3) is 0 Å². The number of nitrogens with zero attached hydrogens (tertiary/aromatic N) is 6. The Labute approximate surface area is 349 Å². The van der Waals surface area contributed by atoms with E-state index in [0.717, 1.165) is 88.4 Å². The molecule has 2 unspecified atom stereocenters. The molecule has 8 N–H and O–H groups in total. The first kappa shape index (κ1) is 40.5. The predicted molar refractivity (Wildman–Crippen MR) is 226 cm³/mol. The normalized spacial score (nSPS) is 21.2. The van der Waals surface area contributed by atoms with Gasteiger partial charge in [0.2, 0.25) is 11.8 Å². The molecule has 0 bridgehead atoms. The minimum absolute atomic E-state index is 0.0987. The monoisotopic (exact) mass is 860 g/mol. The second-order valence-corrected chi connectivity index (χ2v) is 19.8. The van der Waals surface area contributed by atoms with E-state index in [9.17, 15) is 18.0 Å². The van der Waals surface area contributed by atoms with Crippen molar-refractivity contribution in [3.05, 3.63) is 69.0 Å². The molecule has 0 saturated carbocycles. The Morgan fingerprint density at radius 2 is 0.983 bits per heavy atom. The van der Waals surface area contributed by atoms with Crippen LogP contribution in [0.3, 0.4) is 0 Å². The van der Waals surface area contributed by atoms with E-state index in [4.69, 9.17) is 19.8 Å². The molecule has 2 aromatic carbocycles. The van der Waals surface area contributed by atoms with Crippen molar-refractivity contribution in [1.29, 1.82) is 0 Å². The number of nitrogens with two attached hydrogens (primary N) is 2. The van der Waals surface area contributed by atoms with Gasteiger partial charge in [-0.05, 0) is 136 Å². The summed E-state index contributed by atoms with van der Waals surface area (Å²) in [6, 6.07) is 3.39. The van der Waals surface area contributed by atoms with E-state index in [2.05, 4.69) is 52.3 Å². The average molecular weight is 861 g/mol. The number of ether oxygens (including phenoxy) is 2. The molecule has 0 saturated heterocycles. The lowest BCUT2D eigenvalue weighted by molar-refractivity contribution is 0.184. The molecule has 320 valence electrons. The number of rotatable bonds is 6. The Morgan fingerprint density at radius 3 is 1.32 bits per heavy atom. The maximum atomic E-state index is 13.1. The van der Waals surface area contributed by atoms with Crippen molar-refractivity contribution in [2.45, 2.75) is 112 Å². The molecule has 0 fully saturated rings. The largest absolute Gasteiger partial charge is 0.475 e. The van der Waals surface area contributed by atoms with E-state index in [1.54, 1.807) is 9.36 Å². The second kappa shape index (κ2) is 16.2. The Bertz CT molecular complexity index is 2410. The second-order valence-electron chi connectivity index (χ2n) is 16.2. The highest BCUT2D eigenvalue weighted by molar-refractivity contribution is 7.92. The first-order chi connectivity index (χ1) is 28.9. The smallest absolute Gasteiger partial charge is 0.354 e. The van der Waals surface area contributed by atoms with E-state index in [1.807, 2.05) is 14.1 Å². The third-order valence-corrected chi connectivity index (χ3v) is 15.1. The molecule has 18 nitrogen and oxygen atoms in total. The van der Waals surface area contributed by atoms with Crippen molar-refractivity contribution in [3.63, 3.8) is 0 Å². The number of carbonyl (C=O) groups excluding carboxylic acids is 2. The number of nitrogens with one attached hydrogen (secondary N) is 4. The van der Waals surface area contributed by atoms with E-state index in [1.165, 1.54) is 56.9 Å². The minimum Gasteiger partial charge on any atom is -0.475 e. The summed E-state index contributed by atoms with van der Waals surface area (Å²) in [5, 5.41) is 32.5. The van der Waals surface area contributed by atoms with Crippen molar-refractivity contribution in [2.75, 3.05) is 37.9 Å². The summed E-state index contributed by atoms with van der Waals surface area (Å²) in [6.45, 7) is 1.93. The Hall–Kier alpha value is -4.86. The number of fused-ring (bicyclic) bond motifs is 6. The molecule has 4 amide bonds. The van der Waals surface area contributed by atoms with Gasteiger partial charge in [-0.3, -0.25) is 0 Å². The van der Waals surface area contributed by atoms with Crippen LogP contribution in [-0.2, 0) is 84.3 Å². The summed E-state index contributed by atoms with van der Waals surface area (Å²) in [4.78, 5) is 25.8. The van der Waals surface area contributed by atoms with Crippen LogP contribution in [0, 0.1) is 0 Å². The van der Waals surface area contributed by atoms with Gasteiger partial charge >= 0.3 is 12.1 Å². The topological polar surface area (TPSA) is 247 Å². The highest BCUT2D eigenvalue weighted by Crippen LogP contribution is 2.40. The van der Waals surface area contributed by atoms with Crippen molar-refractivity contribution in [2.24, 2.45) is 19.0 Å². The lowest BCUT2D eigenvalue weighted by Gasteiger charge is -2.24. The number of anilines is 2. The molecule has 2 aromatic heterocycles. The molecule has 0 radical (unpaired) electrons. The lowest BCUT2D eigenvalue weighted by atomic mass is 9.99. The summed E-state index contributed by atoms with van der Waals surface area (Å²) in [5.74, 6) is 0.624. The maximum Gasteiger partial charge on any atom is 0.354 e. The number of likely N-dealkylation sites (N-methyl/N-ethyl adjacent to an activating group) is 2. The van der Waals surface area contributed by atoms with Crippen LogP contribution in [0.1, 0.15) is 70.2 Å². The van der Waals surface area contributed by atoms with Crippen LogP contribution in [0.2, 0.25) is 0 Å². The average Bonchev–Trinajstić information content (AvgIpc) is 4.07. The van der Waals surface area contributed by atoms with Crippen LogP contribution < -0.4 is 41.0 Å². The zero-order valence-electron chi connectivity index (χ0n) is 33.9. The number of urea groups is 2. The Kier molecular flexibility index (Phi) is 10.9. The number of aromatic nitrogens is 4. The predicted octanol–water partition coefficient (Wildman–Crippen LogP) is 3.55. The van der Waals surface area contributed by atoms with Gasteiger partial charge in [-0.15, -0.1) is 8.73 Å². The fourth-order valence-corrected chi connectivity index (χ4v) is 11.4. The molecule has 4 aromatic rings. The number of hydrogen-bond acceptors (Lipinski definition) is 10. The van der Waals surface area contributed by atoms with Crippen LogP contribution >= 0.6 is 0 Å². The highest BCUT2D eigenvalue weighted by Gasteiger charge is 2.31. The molecule has 6 aliphatic rings. The number of amides is 4. The molecule has 4 aliphatic carbocycles. The summed E-state index contributed by atoms with van der Waals surface area (Å²) in [7, 11) is -3.31. The molecule has 60 heavy (non-hydrogen) atoms. The van der Waals surface area contributed by atoms with Crippen LogP contribution in [0.4, 0.5) is 21.0 Å². The molecular weight excluding hydrogens is 809 g/mol. The molecule has 0 spiro atoms. The SMILES string of the molecule is CN[C@@H]1COc2c(S(N)(=O)=NC(=O)Nc3c4c(cc5c3CCC5)CCC4)cnn2C1.CN[C@@H]1COc2c(S(N)(=O)=NC(=O)Nc3c4c(cc5c3CCC5)CCC4)cnn2C1. The first-order valence-corrected chi connectivity index (χ1v) is 23.8. The number of benzene rings is 2. The summed E-state index contributed by atoms with van der Waals surface area (Å²) >= 11 is 0. The van der Waals surface area contributed by atoms with Gasteiger partial charge < -0.3 is 30.7 Å². The first-order valence-electron chi connectivity index (χ1n) is 20.7. The quantitative estimate of drug-likeness (QED) is 0.165. The fraction of sp³-hybridized carbons (Fsp3) is 0.500. The Morgan fingerprint density at radius 1 is 0.633 bits per heavy atom. The Balaban J connectivity index is 0.000000154. The third-order valence-electron chi connectivity index (χ3n) is 12.4. The van der Waals surface area contributed by atoms with E-state index < -0.39 is 31.9 Å². The number of carbonyl (C=O) groups is 2. The number of aryl methyl sites for hydroxylation is 4. The zero-order valence-corrected chi connectivity index (χ0v) is 35.5.